The molecule has 1 aromatic rings. The molecule has 2 N–H and O–H groups in total. The molecule has 1 rings (SSSR count). The molecular formula is C12H21N5O3. The second-order valence-electron chi connectivity index (χ2n) is 4.61. The number of nitrogens with two attached hydrogens (primary N) is 1. The van der Waals surface area contributed by atoms with Gasteiger partial charge in [-0.15, -0.1) is 0 Å². The summed E-state index contributed by atoms with van der Waals surface area (Å²) < 4.78 is 6.42. The summed E-state index contributed by atoms with van der Waals surface area (Å²) in [5.41, 5.74) is 6.18. The Kier molecular flexibility index (Phi) is 5.51. The second-order valence-corrected chi connectivity index (χ2v) is 4.61. The number of carbonyl (C=O) groups excluding carboxylic acids is 2. The summed E-state index contributed by atoms with van der Waals surface area (Å²) in [6.45, 7) is 0.593. The third kappa shape index (κ3) is 3.95. The highest BCUT2D eigenvalue weighted by Crippen LogP contribution is 2.11. The van der Waals surface area contributed by atoms with E-state index in [1.807, 2.05) is 0 Å². The van der Waals surface area contributed by atoms with Crippen LogP contribution in [-0.2, 0) is 16.6 Å². The van der Waals surface area contributed by atoms with Gasteiger partial charge in [-0.1, -0.05) is 0 Å². The first kappa shape index (κ1) is 16.0. The maximum absolute atomic E-state index is 12.4. The van der Waals surface area contributed by atoms with E-state index in [2.05, 4.69) is 5.10 Å². The van der Waals surface area contributed by atoms with E-state index < -0.39 is 0 Å². The first-order valence-electron chi connectivity index (χ1n) is 6.14. The Hall–Kier alpha value is -2.09. The molecule has 0 bridgehead atoms. The molecule has 112 valence electrons. The molecule has 0 aliphatic rings. The van der Waals surface area contributed by atoms with E-state index in [0.717, 1.165) is 0 Å². The molecule has 2 amide bonds. The normalized spacial score (nSPS) is 10.4. The minimum atomic E-state index is -0.379. The molecule has 0 radical (unpaired) electrons. The van der Waals surface area contributed by atoms with E-state index in [4.69, 9.17) is 10.5 Å². The third-order valence-corrected chi connectivity index (χ3v) is 2.74. The van der Waals surface area contributed by atoms with Crippen molar-refractivity contribution in [1.82, 2.24) is 19.6 Å². The number of amides is 2. The Labute approximate surface area is 118 Å². The van der Waals surface area contributed by atoms with Crippen LogP contribution in [0.15, 0.2) is 6.20 Å². The van der Waals surface area contributed by atoms with Crippen molar-refractivity contribution in [3.05, 3.63) is 11.9 Å². The molecule has 8 nitrogen and oxygen atoms in total. The number of aromatic nitrogens is 2. The highest BCUT2D eigenvalue weighted by Gasteiger charge is 2.23. The van der Waals surface area contributed by atoms with E-state index in [-0.39, 0.29) is 29.7 Å². The maximum Gasteiger partial charge on any atom is 0.277 e. The molecular weight excluding hydrogens is 262 g/mol. The standard InChI is InChI=1S/C12H21N5O3/c1-15(2)10(18)8-17(5-6-20-4)12(19)11-9(13)7-16(3)14-11/h7H,5-6,8,13H2,1-4H3. The van der Waals surface area contributed by atoms with Gasteiger partial charge in [0.25, 0.3) is 5.91 Å². The van der Waals surface area contributed by atoms with Crippen LogP contribution in [0.4, 0.5) is 5.69 Å². The van der Waals surface area contributed by atoms with Gasteiger partial charge in [-0.25, -0.2) is 0 Å². The van der Waals surface area contributed by atoms with Crippen molar-refractivity contribution in [2.75, 3.05) is 46.6 Å². The topological polar surface area (TPSA) is 93.7 Å². The minimum absolute atomic E-state index is 0.0365. The van der Waals surface area contributed by atoms with Gasteiger partial charge in [0.05, 0.1) is 12.3 Å². The fourth-order valence-corrected chi connectivity index (χ4v) is 1.58. The first-order valence-corrected chi connectivity index (χ1v) is 6.14. The number of aryl methyl sites for hydroxylation is 1. The van der Waals surface area contributed by atoms with Crippen molar-refractivity contribution < 1.29 is 14.3 Å². The fourth-order valence-electron chi connectivity index (χ4n) is 1.58. The molecule has 8 heteroatoms. The number of hydrogen-bond acceptors (Lipinski definition) is 5. The van der Waals surface area contributed by atoms with Gasteiger partial charge < -0.3 is 20.3 Å². The van der Waals surface area contributed by atoms with Gasteiger partial charge in [-0.3, -0.25) is 14.3 Å². The Balaban J connectivity index is 2.89. The molecule has 0 fully saturated rings. The summed E-state index contributed by atoms with van der Waals surface area (Å²) in [5.74, 6) is -0.556. The van der Waals surface area contributed by atoms with Crippen LogP contribution in [0.5, 0.6) is 0 Å². The lowest BCUT2D eigenvalue weighted by Crippen LogP contribution is -2.42. The third-order valence-electron chi connectivity index (χ3n) is 2.74. The van der Waals surface area contributed by atoms with Crippen molar-refractivity contribution in [3.8, 4) is 0 Å². The predicted molar refractivity (Wildman–Crippen MR) is 74.1 cm³/mol. The Morgan fingerprint density at radius 1 is 1.45 bits per heavy atom. The summed E-state index contributed by atoms with van der Waals surface area (Å²) in [6.07, 6.45) is 1.55. The van der Waals surface area contributed by atoms with Gasteiger partial charge >= 0.3 is 0 Å². The Morgan fingerprint density at radius 2 is 2.10 bits per heavy atom. The lowest BCUT2D eigenvalue weighted by Gasteiger charge is -2.22. The Morgan fingerprint density at radius 3 is 2.55 bits per heavy atom. The summed E-state index contributed by atoms with van der Waals surface area (Å²) in [6, 6.07) is 0. The number of anilines is 1. The van der Waals surface area contributed by atoms with Crippen molar-refractivity contribution in [2.45, 2.75) is 0 Å². The quantitative estimate of drug-likeness (QED) is 0.736. The molecule has 0 aliphatic heterocycles. The van der Waals surface area contributed by atoms with E-state index in [0.29, 0.717) is 13.2 Å². The number of methoxy groups -OCH3 is 1. The summed E-state index contributed by atoms with van der Waals surface area (Å²) in [7, 11) is 6.48. The number of nitrogens with zero attached hydrogens (tertiary/aromatic N) is 4. The SMILES string of the molecule is COCCN(CC(=O)N(C)C)C(=O)c1nn(C)cc1N. The second kappa shape index (κ2) is 6.90. The van der Waals surface area contributed by atoms with E-state index >= 15 is 0 Å². The van der Waals surface area contributed by atoms with Crippen molar-refractivity contribution in [2.24, 2.45) is 7.05 Å². The summed E-state index contributed by atoms with van der Waals surface area (Å²) in [4.78, 5) is 27.0. The molecule has 0 spiro atoms. The van der Waals surface area contributed by atoms with Gasteiger partial charge in [0, 0.05) is 41.0 Å². The van der Waals surface area contributed by atoms with Crippen LogP contribution >= 0.6 is 0 Å². The van der Waals surface area contributed by atoms with Gasteiger partial charge in [0.2, 0.25) is 5.91 Å². The molecule has 1 heterocycles. The molecule has 0 atom stereocenters. The fraction of sp³-hybridized carbons (Fsp3) is 0.583. The number of ether oxygens (including phenoxy) is 1. The molecule has 0 saturated heterocycles. The Bertz CT molecular complexity index is 483. The molecule has 1 aromatic heterocycles. The van der Waals surface area contributed by atoms with Crippen LogP contribution in [0.2, 0.25) is 0 Å². The molecule has 0 unspecified atom stereocenters. The number of hydrogen-bond donors (Lipinski definition) is 1. The smallest absolute Gasteiger partial charge is 0.277 e. The highest BCUT2D eigenvalue weighted by molar-refractivity contribution is 5.98. The number of likely N-dealkylation sites (N-methyl/N-ethyl adjacent to an activating group) is 1. The lowest BCUT2D eigenvalue weighted by atomic mass is 10.3. The van der Waals surface area contributed by atoms with E-state index in [1.165, 1.54) is 21.6 Å². The van der Waals surface area contributed by atoms with E-state index in [9.17, 15) is 9.59 Å². The molecule has 20 heavy (non-hydrogen) atoms. The lowest BCUT2D eigenvalue weighted by molar-refractivity contribution is -0.129. The van der Waals surface area contributed by atoms with Crippen LogP contribution in [-0.4, -0.2) is 72.3 Å². The number of nitrogen functional groups attached to an aromatic ring is 1. The molecule has 0 aliphatic carbocycles. The van der Waals surface area contributed by atoms with Gasteiger partial charge in [-0.2, -0.15) is 5.10 Å². The summed E-state index contributed by atoms with van der Waals surface area (Å²) in [5, 5.41) is 4.03. The van der Waals surface area contributed by atoms with Crippen LogP contribution in [0.3, 0.4) is 0 Å². The predicted octanol–water partition coefficient (Wildman–Crippen LogP) is -0.821. The number of rotatable bonds is 6. The minimum Gasteiger partial charge on any atom is -0.396 e. The van der Waals surface area contributed by atoms with E-state index in [1.54, 1.807) is 27.3 Å². The van der Waals surface area contributed by atoms with Crippen LogP contribution in [0.25, 0.3) is 0 Å². The maximum atomic E-state index is 12.4. The first-order chi connectivity index (χ1) is 9.36. The monoisotopic (exact) mass is 283 g/mol. The van der Waals surface area contributed by atoms with Crippen molar-refractivity contribution >= 4 is 17.5 Å². The van der Waals surface area contributed by atoms with Crippen molar-refractivity contribution in [3.63, 3.8) is 0 Å². The molecule has 0 aromatic carbocycles. The zero-order chi connectivity index (χ0) is 15.3. The van der Waals surface area contributed by atoms with Crippen LogP contribution in [0, 0.1) is 0 Å². The largest absolute Gasteiger partial charge is 0.396 e. The zero-order valence-corrected chi connectivity index (χ0v) is 12.3. The van der Waals surface area contributed by atoms with Gasteiger partial charge in [0.15, 0.2) is 5.69 Å². The van der Waals surface area contributed by atoms with Crippen molar-refractivity contribution in [1.29, 1.82) is 0 Å². The molecule has 0 saturated carbocycles. The van der Waals surface area contributed by atoms with Gasteiger partial charge in [-0.05, 0) is 0 Å². The summed E-state index contributed by atoms with van der Waals surface area (Å²) >= 11 is 0. The zero-order valence-electron chi connectivity index (χ0n) is 12.3. The highest BCUT2D eigenvalue weighted by atomic mass is 16.5. The average Bonchev–Trinajstić information content (AvgIpc) is 2.72. The van der Waals surface area contributed by atoms with Crippen LogP contribution in [0.1, 0.15) is 10.5 Å². The van der Waals surface area contributed by atoms with Gasteiger partial charge in [0.1, 0.15) is 6.54 Å². The number of carbonyl (C=O) groups is 2. The average molecular weight is 283 g/mol. The van der Waals surface area contributed by atoms with Crippen LogP contribution < -0.4 is 5.73 Å².